The molecule has 0 aromatic carbocycles. The van der Waals surface area contributed by atoms with Crippen LogP contribution in [0.15, 0.2) is 0 Å². The van der Waals surface area contributed by atoms with Crippen molar-refractivity contribution in [3.8, 4) is 0 Å². The van der Waals surface area contributed by atoms with E-state index in [9.17, 15) is 4.79 Å². The van der Waals surface area contributed by atoms with E-state index in [0.717, 1.165) is 19.4 Å². The molecule has 0 spiro atoms. The third kappa shape index (κ3) is 8.16. The molecule has 0 bridgehead atoms. The molecule has 0 amide bonds. The molecule has 0 aliphatic rings. The first-order valence-electron chi connectivity index (χ1n) is 6.41. The van der Waals surface area contributed by atoms with E-state index in [1.807, 2.05) is 13.8 Å². The molecule has 1 atom stereocenters. The molecule has 102 valence electrons. The second kappa shape index (κ2) is 8.48. The van der Waals surface area contributed by atoms with Crippen molar-refractivity contribution in [2.45, 2.75) is 40.5 Å². The second-order valence-electron chi connectivity index (χ2n) is 5.28. The minimum atomic E-state index is -0.145. The van der Waals surface area contributed by atoms with Crippen molar-refractivity contribution in [2.75, 3.05) is 26.3 Å². The van der Waals surface area contributed by atoms with Crippen LogP contribution in [0.5, 0.6) is 0 Å². The highest BCUT2D eigenvalue weighted by atomic mass is 16.5. The van der Waals surface area contributed by atoms with E-state index in [2.05, 4.69) is 19.2 Å². The van der Waals surface area contributed by atoms with Crippen LogP contribution >= 0.6 is 0 Å². The van der Waals surface area contributed by atoms with Gasteiger partial charge in [0.15, 0.2) is 0 Å². The van der Waals surface area contributed by atoms with Gasteiger partial charge in [-0.05, 0) is 25.2 Å². The van der Waals surface area contributed by atoms with E-state index >= 15 is 0 Å². The molecular weight excluding hydrogens is 218 g/mol. The number of carbonyl (C=O) groups excluding carboxylic acids is 1. The molecule has 4 heteroatoms. The molecule has 0 saturated carbocycles. The highest BCUT2D eigenvalue weighted by Gasteiger charge is 2.19. The van der Waals surface area contributed by atoms with Gasteiger partial charge >= 0.3 is 5.97 Å². The van der Waals surface area contributed by atoms with Crippen LogP contribution in [0.25, 0.3) is 0 Å². The summed E-state index contributed by atoms with van der Waals surface area (Å²) >= 11 is 0. The summed E-state index contributed by atoms with van der Waals surface area (Å²) in [5.74, 6) is -0.253. The average Bonchev–Trinajstić information content (AvgIpc) is 2.26. The number of hydrogen-bond donors (Lipinski definition) is 2. The third-order valence-corrected chi connectivity index (χ3v) is 2.75. The molecule has 17 heavy (non-hydrogen) atoms. The van der Waals surface area contributed by atoms with Crippen molar-refractivity contribution in [3.05, 3.63) is 0 Å². The predicted octanol–water partition coefficient (Wildman–Crippen LogP) is 1.57. The number of esters is 1. The topological polar surface area (TPSA) is 58.6 Å². The van der Waals surface area contributed by atoms with Crippen LogP contribution in [0.2, 0.25) is 0 Å². The average molecular weight is 245 g/mol. The van der Waals surface area contributed by atoms with Crippen LogP contribution in [-0.4, -0.2) is 37.4 Å². The van der Waals surface area contributed by atoms with Crippen LogP contribution in [0.1, 0.15) is 40.5 Å². The number of rotatable bonds is 9. The summed E-state index contributed by atoms with van der Waals surface area (Å²) in [5.41, 5.74) is 0.150. The number of nitrogens with one attached hydrogen (secondary N) is 1. The maximum atomic E-state index is 11.4. The summed E-state index contributed by atoms with van der Waals surface area (Å²) in [6, 6.07) is 0. The van der Waals surface area contributed by atoms with Gasteiger partial charge in [-0.15, -0.1) is 0 Å². The van der Waals surface area contributed by atoms with E-state index in [-0.39, 0.29) is 23.9 Å². The Kier molecular flexibility index (Phi) is 8.17. The maximum Gasteiger partial charge on any atom is 0.309 e. The minimum Gasteiger partial charge on any atom is -0.466 e. The van der Waals surface area contributed by atoms with Crippen molar-refractivity contribution in [1.29, 1.82) is 0 Å². The van der Waals surface area contributed by atoms with E-state index in [1.165, 1.54) is 0 Å². The fourth-order valence-corrected chi connectivity index (χ4v) is 1.64. The summed E-state index contributed by atoms with van der Waals surface area (Å²) in [7, 11) is 0. The number of carbonyl (C=O) groups is 1. The Morgan fingerprint density at radius 1 is 1.47 bits per heavy atom. The van der Waals surface area contributed by atoms with Crippen molar-refractivity contribution in [2.24, 2.45) is 11.3 Å². The smallest absolute Gasteiger partial charge is 0.309 e. The Morgan fingerprint density at radius 2 is 2.12 bits per heavy atom. The summed E-state index contributed by atoms with van der Waals surface area (Å²) < 4.78 is 4.94. The van der Waals surface area contributed by atoms with Gasteiger partial charge in [0.05, 0.1) is 12.5 Å². The zero-order valence-corrected chi connectivity index (χ0v) is 11.6. The lowest BCUT2D eigenvalue weighted by atomic mass is 9.88. The van der Waals surface area contributed by atoms with Crippen molar-refractivity contribution < 1.29 is 14.6 Å². The van der Waals surface area contributed by atoms with Gasteiger partial charge < -0.3 is 15.2 Å². The van der Waals surface area contributed by atoms with Crippen molar-refractivity contribution in [1.82, 2.24) is 5.32 Å². The highest BCUT2D eigenvalue weighted by Crippen LogP contribution is 2.20. The fraction of sp³-hybridized carbons (Fsp3) is 0.923. The molecule has 0 aromatic rings. The molecule has 0 fully saturated rings. The van der Waals surface area contributed by atoms with Gasteiger partial charge in [-0.25, -0.2) is 0 Å². The lowest BCUT2D eigenvalue weighted by Crippen LogP contribution is -2.35. The zero-order chi connectivity index (χ0) is 13.3. The number of aliphatic hydroxyl groups is 1. The van der Waals surface area contributed by atoms with Gasteiger partial charge in [-0.3, -0.25) is 4.79 Å². The standard InChI is InChI=1S/C13H27NO3/c1-5-17-12(16)11(2)9-14-10-13(3,4)7-6-8-15/h11,14-15H,5-10H2,1-4H3. The first-order chi connectivity index (χ1) is 7.93. The Hall–Kier alpha value is -0.610. The Balaban J connectivity index is 3.78. The first-order valence-corrected chi connectivity index (χ1v) is 6.41. The molecule has 1 unspecified atom stereocenters. The normalized spacial score (nSPS) is 13.5. The molecule has 0 heterocycles. The van der Waals surface area contributed by atoms with Gasteiger partial charge in [0.1, 0.15) is 0 Å². The molecular formula is C13H27NO3. The third-order valence-electron chi connectivity index (χ3n) is 2.75. The van der Waals surface area contributed by atoms with Crippen molar-refractivity contribution >= 4 is 5.97 Å². The lowest BCUT2D eigenvalue weighted by Gasteiger charge is -2.25. The van der Waals surface area contributed by atoms with Crippen LogP contribution < -0.4 is 5.32 Å². The van der Waals surface area contributed by atoms with Crippen molar-refractivity contribution in [3.63, 3.8) is 0 Å². The monoisotopic (exact) mass is 245 g/mol. The maximum absolute atomic E-state index is 11.4. The number of hydrogen-bond acceptors (Lipinski definition) is 4. The number of aliphatic hydroxyl groups excluding tert-OH is 1. The molecule has 4 nitrogen and oxygen atoms in total. The number of ether oxygens (including phenoxy) is 1. The van der Waals surface area contributed by atoms with E-state index in [4.69, 9.17) is 9.84 Å². The molecule has 2 N–H and O–H groups in total. The van der Waals surface area contributed by atoms with E-state index < -0.39 is 0 Å². The minimum absolute atomic E-state index is 0.108. The van der Waals surface area contributed by atoms with E-state index in [1.54, 1.807) is 0 Å². The molecule has 0 aromatic heterocycles. The quantitative estimate of drug-likeness (QED) is 0.605. The van der Waals surface area contributed by atoms with E-state index in [0.29, 0.717) is 13.2 Å². The molecule has 0 radical (unpaired) electrons. The largest absolute Gasteiger partial charge is 0.466 e. The van der Waals surface area contributed by atoms with Crippen LogP contribution in [0.3, 0.4) is 0 Å². The Morgan fingerprint density at radius 3 is 2.65 bits per heavy atom. The molecule has 0 aliphatic heterocycles. The van der Waals surface area contributed by atoms with Gasteiger partial charge in [0.2, 0.25) is 0 Å². The first kappa shape index (κ1) is 16.4. The molecule has 0 rings (SSSR count). The van der Waals surface area contributed by atoms with Crippen LogP contribution in [0.4, 0.5) is 0 Å². The summed E-state index contributed by atoms with van der Waals surface area (Å²) in [4.78, 5) is 11.4. The van der Waals surface area contributed by atoms with Gasteiger partial charge in [-0.2, -0.15) is 0 Å². The molecule has 0 saturated heterocycles. The SMILES string of the molecule is CCOC(=O)C(C)CNCC(C)(C)CCCO. The van der Waals surface area contributed by atoms with Gasteiger partial charge in [0.25, 0.3) is 0 Å². The second-order valence-corrected chi connectivity index (χ2v) is 5.28. The van der Waals surface area contributed by atoms with Gasteiger partial charge in [0, 0.05) is 19.7 Å². The fourth-order valence-electron chi connectivity index (χ4n) is 1.64. The van der Waals surface area contributed by atoms with Crippen LogP contribution in [0, 0.1) is 11.3 Å². The van der Waals surface area contributed by atoms with Crippen LogP contribution in [-0.2, 0) is 9.53 Å². The zero-order valence-electron chi connectivity index (χ0n) is 11.6. The summed E-state index contributed by atoms with van der Waals surface area (Å²) in [6.07, 6.45) is 1.80. The summed E-state index contributed by atoms with van der Waals surface area (Å²) in [6.45, 7) is 10.2. The summed E-state index contributed by atoms with van der Waals surface area (Å²) in [5, 5.41) is 12.1. The lowest BCUT2D eigenvalue weighted by molar-refractivity contribution is -0.147. The Labute approximate surface area is 105 Å². The highest BCUT2D eigenvalue weighted by molar-refractivity contribution is 5.72. The van der Waals surface area contributed by atoms with Gasteiger partial charge in [-0.1, -0.05) is 20.8 Å². The Bertz CT molecular complexity index is 217. The molecule has 0 aliphatic carbocycles. The predicted molar refractivity (Wildman–Crippen MR) is 68.8 cm³/mol.